The van der Waals surface area contributed by atoms with Crippen LogP contribution in [0.1, 0.15) is 35.4 Å². The molecule has 0 aromatic heterocycles. The zero-order chi connectivity index (χ0) is 15.2. The molecule has 0 fully saturated rings. The standard InChI is InChI=1S/C19H25NO/c1-15-9-4-5-10-16(15)17(12-8-14-20(2)3)18-11-6-7-13-19(18)21/h4-7,9-11,13,17,21H,8,12,14H2,1-3H3. The number of aromatic hydroxyl groups is 1. The van der Waals surface area contributed by atoms with Crippen LogP contribution in [0.25, 0.3) is 0 Å². The Morgan fingerprint density at radius 3 is 2.19 bits per heavy atom. The van der Waals surface area contributed by atoms with Gasteiger partial charge in [-0.15, -0.1) is 0 Å². The van der Waals surface area contributed by atoms with Gasteiger partial charge in [0, 0.05) is 11.5 Å². The Balaban J connectivity index is 2.31. The first kappa shape index (κ1) is 15.6. The smallest absolute Gasteiger partial charge is 0.119 e. The van der Waals surface area contributed by atoms with Gasteiger partial charge in [-0.25, -0.2) is 0 Å². The molecule has 1 atom stereocenters. The molecule has 0 radical (unpaired) electrons. The highest BCUT2D eigenvalue weighted by Crippen LogP contribution is 2.35. The maximum atomic E-state index is 10.2. The van der Waals surface area contributed by atoms with E-state index in [0.717, 1.165) is 24.9 Å². The van der Waals surface area contributed by atoms with Gasteiger partial charge in [-0.05, 0) is 57.6 Å². The Morgan fingerprint density at radius 2 is 1.57 bits per heavy atom. The fourth-order valence-electron chi connectivity index (χ4n) is 2.85. The summed E-state index contributed by atoms with van der Waals surface area (Å²) in [5.41, 5.74) is 3.64. The van der Waals surface area contributed by atoms with Gasteiger partial charge in [-0.2, -0.15) is 0 Å². The number of phenolic OH excluding ortho intramolecular Hbond substituents is 1. The molecular formula is C19H25NO. The first-order chi connectivity index (χ1) is 10.1. The van der Waals surface area contributed by atoms with Crippen molar-refractivity contribution in [1.29, 1.82) is 0 Å². The summed E-state index contributed by atoms with van der Waals surface area (Å²) in [5, 5.41) is 10.2. The predicted octanol–water partition coefficient (Wildman–Crippen LogP) is 4.17. The molecule has 1 N–H and O–H groups in total. The molecule has 2 aromatic carbocycles. The Labute approximate surface area is 128 Å². The molecule has 0 saturated carbocycles. The van der Waals surface area contributed by atoms with Crippen molar-refractivity contribution in [2.45, 2.75) is 25.7 Å². The summed E-state index contributed by atoms with van der Waals surface area (Å²) >= 11 is 0. The van der Waals surface area contributed by atoms with Crippen molar-refractivity contribution in [2.24, 2.45) is 0 Å². The van der Waals surface area contributed by atoms with E-state index in [2.05, 4.69) is 50.2 Å². The monoisotopic (exact) mass is 283 g/mol. The van der Waals surface area contributed by atoms with E-state index in [1.807, 2.05) is 18.2 Å². The van der Waals surface area contributed by atoms with Gasteiger partial charge >= 0.3 is 0 Å². The highest BCUT2D eigenvalue weighted by molar-refractivity contribution is 5.43. The van der Waals surface area contributed by atoms with Crippen molar-refractivity contribution in [3.8, 4) is 5.75 Å². The van der Waals surface area contributed by atoms with Crippen molar-refractivity contribution in [3.63, 3.8) is 0 Å². The van der Waals surface area contributed by atoms with Crippen LogP contribution in [0.15, 0.2) is 48.5 Å². The first-order valence-electron chi connectivity index (χ1n) is 7.57. The fraction of sp³-hybridized carbons (Fsp3) is 0.368. The summed E-state index contributed by atoms with van der Waals surface area (Å²) in [6.45, 7) is 3.21. The number of rotatable bonds is 6. The van der Waals surface area contributed by atoms with E-state index in [9.17, 15) is 5.11 Å². The number of hydrogen-bond donors (Lipinski definition) is 1. The molecule has 0 amide bonds. The zero-order valence-corrected chi connectivity index (χ0v) is 13.2. The number of phenols is 1. The molecule has 0 aliphatic carbocycles. The van der Waals surface area contributed by atoms with Crippen LogP contribution in [0, 0.1) is 6.92 Å². The van der Waals surface area contributed by atoms with Crippen LogP contribution in [0.4, 0.5) is 0 Å². The van der Waals surface area contributed by atoms with Gasteiger partial charge in [-0.1, -0.05) is 42.5 Å². The average molecular weight is 283 g/mol. The van der Waals surface area contributed by atoms with Crippen LogP contribution in [-0.4, -0.2) is 30.6 Å². The third-order valence-electron chi connectivity index (χ3n) is 3.97. The van der Waals surface area contributed by atoms with Gasteiger partial charge in [0.25, 0.3) is 0 Å². The minimum absolute atomic E-state index is 0.257. The Morgan fingerprint density at radius 1 is 0.952 bits per heavy atom. The quantitative estimate of drug-likeness (QED) is 0.860. The lowest BCUT2D eigenvalue weighted by molar-refractivity contribution is 0.387. The van der Waals surface area contributed by atoms with Crippen molar-refractivity contribution >= 4 is 0 Å². The van der Waals surface area contributed by atoms with Crippen LogP contribution in [0.2, 0.25) is 0 Å². The lowest BCUT2D eigenvalue weighted by Gasteiger charge is -2.22. The Hall–Kier alpha value is -1.80. The number of benzene rings is 2. The molecule has 0 bridgehead atoms. The minimum Gasteiger partial charge on any atom is -0.508 e. The van der Waals surface area contributed by atoms with Crippen molar-refractivity contribution < 1.29 is 5.11 Å². The second-order valence-electron chi connectivity index (χ2n) is 5.91. The fourth-order valence-corrected chi connectivity index (χ4v) is 2.85. The minimum atomic E-state index is 0.257. The Kier molecular flexibility index (Phi) is 5.40. The van der Waals surface area contributed by atoms with Crippen LogP contribution in [0.3, 0.4) is 0 Å². The summed E-state index contributed by atoms with van der Waals surface area (Å²) in [6, 6.07) is 16.2. The van der Waals surface area contributed by atoms with E-state index in [0.29, 0.717) is 5.75 Å². The van der Waals surface area contributed by atoms with Crippen LogP contribution in [0.5, 0.6) is 5.75 Å². The number of aryl methyl sites for hydroxylation is 1. The number of para-hydroxylation sites is 1. The summed E-state index contributed by atoms with van der Waals surface area (Å²) in [4.78, 5) is 2.21. The average Bonchev–Trinajstić information content (AvgIpc) is 2.45. The largest absolute Gasteiger partial charge is 0.508 e. The molecular weight excluding hydrogens is 258 g/mol. The summed E-state index contributed by atoms with van der Waals surface area (Å²) in [7, 11) is 4.20. The molecule has 2 aromatic rings. The molecule has 2 rings (SSSR count). The van der Waals surface area contributed by atoms with Crippen molar-refractivity contribution in [1.82, 2.24) is 4.90 Å². The molecule has 2 nitrogen and oxygen atoms in total. The molecule has 21 heavy (non-hydrogen) atoms. The van der Waals surface area contributed by atoms with Gasteiger partial charge in [-0.3, -0.25) is 0 Å². The van der Waals surface area contributed by atoms with Crippen LogP contribution < -0.4 is 0 Å². The van der Waals surface area contributed by atoms with Gasteiger partial charge in [0.2, 0.25) is 0 Å². The molecule has 0 spiro atoms. The summed E-state index contributed by atoms with van der Waals surface area (Å²) < 4.78 is 0. The van der Waals surface area contributed by atoms with E-state index >= 15 is 0 Å². The maximum Gasteiger partial charge on any atom is 0.119 e. The maximum absolute atomic E-state index is 10.2. The second kappa shape index (κ2) is 7.28. The van der Waals surface area contributed by atoms with E-state index in [1.165, 1.54) is 11.1 Å². The first-order valence-corrected chi connectivity index (χ1v) is 7.57. The summed E-state index contributed by atoms with van der Waals surface area (Å²) in [5.74, 6) is 0.656. The van der Waals surface area contributed by atoms with E-state index in [-0.39, 0.29) is 5.92 Å². The third-order valence-corrected chi connectivity index (χ3v) is 3.97. The molecule has 0 aliphatic heterocycles. The van der Waals surface area contributed by atoms with Crippen LogP contribution >= 0.6 is 0 Å². The molecule has 112 valence electrons. The Bertz CT molecular complexity index is 532. The van der Waals surface area contributed by atoms with Gasteiger partial charge in [0.15, 0.2) is 0 Å². The second-order valence-corrected chi connectivity index (χ2v) is 5.91. The SMILES string of the molecule is Cc1ccccc1C(CCCN(C)C)c1ccccc1O. The molecule has 0 aliphatic rings. The van der Waals surface area contributed by atoms with Gasteiger partial charge < -0.3 is 10.0 Å². The molecule has 2 heteroatoms. The molecule has 0 heterocycles. The lowest BCUT2D eigenvalue weighted by atomic mass is 9.84. The highest BCUT2D eigenvalue weighted by Gasteiger charge is 2.18. The number of hydrogen-bond acceptors (Lipinski definition) is 2. The van der Waals surface area contributed by atoms with Gasteiger partial charge in [0.1, 0.15) is 5.75 Å². The summed E-state index contributed by atoms with van der Waals surface area (Å²) in [6.07, 6.45) is 2.15. The van der Waals surface area contributed by atoms with Gasteiger partial charge in [0.05, 0.1) is 0 Å². The van der Waals surface area contributed by atoms with E-state index in [4.69, 9.17) is 0 Å². The topological polar surface area (TPSA) is 23.5 Å². The highest BCUT2D eigenvalue weighted by atomic mass is 16.3. The van der Waals surface area contributed by atoms with E-state index in [1.54, 1.807) is 6.07 Å². The van der Waals surface area contributed by atoms with Crippen LogP contribution in [-0.2, 0) is 0 Å². The molecule has 0 saturated heterocycles. The lowest BCUT2D eigenvalue weighted by Crippen LogP contribution is -2.14. The third kappa shape index (κ3) is 4.08. The molecule has 1 unspecified atom stereocenters. The number of nitrogens with zero attached hydrogens (tertiary/aromatic N) is 1. The normalized spacial score (nSPS) is 12.6. The van der Waals surface area contributed by atoms with Crippen molar-refractivity contribution in [3.05, 3.63) is 65.2 Å². The predicted molar refractivity (Wildman–Crippen MR) is 88.9 cm³/mol. The van der Waals surface area contributed by atoms with E-state index < -0.39 is 0 Å². The van der Waals surface area contributed by atoms with Crippen molar-refractivity contribution in [2.75, 3.05) is 20.6 Å². The zero-order valence-electron chi connectivity index (χ0n) is 13.2.